The summed E-state index contributed by atoms with van der Waals surface area (Å²) in [7, 11) is 0. The molecule has 0 bridgehead atoms. The molecule has 0 aromatic carbocycles. The van der Waals surface area contributed by atoms with Crippen molar-refractivity contribution in [3.05, 3.63) is 24.0 Å². The molecule has 0 unspecified atom stereocenters. The lowest BCUT2D eigenvalue weighted by molar-refractivity contribution is -0.120. The molecule has 0 fully saturated rings. The third kappa shape index (κ3) is 4.09. The minimum absolute atomic E-state index is 0.0541. The Labute approximate surface area is 84.1 Å². The van der Waals surface area contributed by atoms with Crippen LogP contribution in [0.1, 0.15) is 19.0 Å². The lowest BCUT2D eigenvalue weighted by Crippen LogP contribution is -2.33. The van der Waals surface area contributed by atoms with Gasteiger partial charge >= 0.3 is 0 Å². The normalized spacial score (nSPS) is 10.1. The predicted octanol–water partition coefficient (Wildman–Crippen LogP) is 0.630. The van der Waals surface area contributed by atoms with Crippen molar-refractivity contribution in [1.29, 1.82) is 0 Å². The maximum Gasteiger partial charge on any atom is 0.233 e. The van der Waals surface area contributed by atoms with Gasteiger partial charge in [-0.1, -0.05) is 6.92 Å². The van der Waals surface area contributed by atoms with Crippen LogP contribution >= 0.6 is 0 Å². The maximum absolute atomic E-state index is 11.1. The molecule has 0 aliphatic rings. The molecule has 0 radical (unpaired) electrons. The van der Waals surface area contributed by atoms with Crippen molar-refractivity contribution in [3.8, 4) is 0 Å². The molecule has 0 saturated carbocycles. The summed E-state index contributed by atoms with van der Waals surface area (Å²) in [6.45, 7) is 3.86. The van der Waals surface area contributed by atoms with Gasteiger partial charge in [0.05, 0.1) is 6.54 Å². The Balaban J connectivity index is 2.06. The van der Waals surface area contributed by atoms with Crippen LogP contribution in [0.3, 0.4) is 0 Å². The zero-order chi connectivity index (χ0) is 10.2. The monoisotopic (exact) mass is 195 g/mol. The summed E-state index contributed by atoms with van der Waals surface area (Å²) in [5.74, 6) is 0.0541. The van der Waals surface area contributed by atoms with Crippen LogP contribution in [-0.4, -0.2) is 24.0 Å². The minimum atomic E-state index is 0.0541. The molecule has 4 nitrogen and oxygen atoms in total. The third-order valence-electron chi connectivity index (χ3n) is 1.84. The van der Waals surface area contributed by atoms with Crippen molar-refractivity contribution in [2.45, 2.75) is 19.9 Å². The third-order valence-corrected chi connectivity index (χ3v) is 1.84. The van der Waals surface area contributed by atoms with Gasteiger partial charge in [-0.25, -0.2) is 0 Å². The fourth-order valence-corrected chi connectivity index (χ4v) is 1.12. The summed E-state index contributed by atoms with van der Waals surface area (Å²) >= 11 is 0. The first-order chi connectivity index (χ1) is 6.83. The molecular weight excluding hydrogens is 178 g/mol. The van der Waals surface area contributed by atoms with Gasteiger partial charge in [-0.05, 0) is 18.6 Å². The number of amides is 1. The van der Waals surface area contributed by atoms with Crippen molar-refractivity contribution in [2.75, 3.05) is 13.1 Å². The van der Waals surface area contributed by atoms with E-state index < -0.39 is 0 Å². The summed E-state index contributed by atoms with van der Waals surface area (Å²) in [5, 5.41) is 5.85. The Bertz CT molecular complexity index is 256. The first-order valence-corrected chi connectivity index (χ1v) is 4.92. The highest BCUT2D eigenvalue weighted by Gasteiger charge is 1.98. The minimum Gasteiger partial charge on any atom is -0.364 e. The molecule has 0 spiro atoms. The van der Waals surface area contributed by atoms with Crippen LogP contribution in [0.5, 0.6) is 0 Å². The van der Waals surface area contributed by atoms with Crippen LogP contribution in [-0.2, 0) is 11.3 Å². The van der Waals surface area contributed by atoms with Gasteiger partial charge in [0.25, 0.3) is 0 Å². The molecule has 0 aliphatic heterocycles. The second-order valence-electron chi connectivity index (χ2n) is 3.15. The zero-order valence-electron chi connectivity index (χ0n) is 8.47. The number of aromatic amines is 1. The topological polar surface area (TPSA) is 56.9 Å². The molecular formula is C10H17N3O. The second kappa shape index (κ2) is 6.21. The molecule has 0 atom stereocenters. The van der Waals surface area contributed by atoms with Crippen LogP contribution in [0.2, 0.25) is 0 Å². The highest BCUT2D eigenvalue weighted by Crippen LogP contribution is 1.91. The van der Waals surface area contributed by atoms with E-state index in [1.165, 1.54) is 0 Å². The molecule has 0 saturated heterocycles. The van der Waals surface area contributed by atoms with E-state index in [-0.39, 0.29) is 5.91 Å². The first-order valence-electron chi connectivity index (χ1n) is 4.92. The van der Waals surface area contributed by atoms with Crippen molar-refractivity contribution in [3.63, 3.8) is 0 Å². The zero-order valence-corrected chi connectivity index (χ0v) is 8.47. The predicted molar refractivity (Wildman–Crippen MR) is 55.8 cm³/mol. The van der Waals surface area contributed by atoms with Crippen molar-refractivity contribution in [1.82, 2.24) is 15.6 Å². The first kappa shape index (κ1) is 10.8. The Morgan fingerprint density at radius 2 is 2.43 bits per heavy atom. The van der Waals surface area contributed by atoms with E-state index in [1.807, 2.05) is 25.3 Å². The molecule has 3 N–H and O–H groups in total. The van der Waals surface area contributed by atoms with E-state index in [4.69, 9.17) is 0 Å². The smallest absolute Gasteiger partial charge is 0.233 e. The number of carbonyl (C=O) groups excluding carboxylic acids is 1. The summed E-state index contributed by atoms with van der Waals surface area (Å²) in [6.07, 6.45) is 2.84. The molecule has 1 heterocycles. The standard InChI is InChI=1S/C10H17N3O/c1-2-5-13-10(14)8-11-7-9-4-3-6-12-9/h3-4,6,11-12H,2,5,7-8H2,1H3,(H,13,14). The summed E-state index contributed by atoms with van der Waals surface area (Å²) in [6, 6.07) is 3.92. The lowest BCUT2D eigenvalue weighted by atomic mass is 10.4. The second-order valence-corrected chi connectivity index (χ2v) is 3.15. The van der Waals surface area contributed by atoms with Crippen LogP contribution in [0.4, 0.5) is 0 Å². The van der Waals surface area contributed by atoms with Gasteiger partial charge in [0.1, 0.15) is 0 Å². The van der Waals surface area contributed by atoms with Crippen molar-refractivity contribution < 1.29 is 4.79 Å². The van der Waals surface area contributed by atoms with Gasteiger partial charge in [-0.2, -0.15) is 0 Å². The van der Waals surface area contributed by atoms with Gasteiger partial charge in [-0.15, -0.1) is 0 Å². The van der Waals surface area contributed by atoms with E-state index in [0.29, 0.717) is 13.1 Å². The number of hydrogen-bond donors (Lipinski definition) is 3. The highest BCUT2D eigenvalue weighted by molar-refractivity contribution is 5.77. The average molecular weight is 195 g/mol. The SMILES string of the molecule is CCCNC(=O)CNCc1ccc[nH]1. The quantitative estimate of drug-likeness (QED) is 0.623. The molecule has 4 heteroatoms. The van der Waals surface area contributed by atoms with Crippen LogP contribution < -0.4 is 10.6 Å². The summed E-state index contributed by atoms with van der Waals surface area (Å²) in [4.78, 5) is 14.2. The largest absolute Gasteiger partial charge is 0.364 e. The molecule has 78 valence electrons. The fraction of sp³-hybridized carbons (Fsp3) is 0.500. The fourth-order valence-electron chi connectivity index (χ4n) is 1.12. The van der Waals surface area contributed by atoms with Gasteiger partial charge in [0, 0.05) is 25.0 Å². The van der Waals surface area contributed by atoms with E-state index in [1.54, 1.807) is 0 Å². The number of H-pyrrole nitrogens is 1. The Morgan fingerprint density at radius 3 is 3.07 bits per heavy atom. The van der Waals surface area contributed by atoms with Gasteiger partial charge in [-0.3, -0.25) is 4.79 Å². The van der Waals surface area contributed by atoms with Crippen LogP contribution in [0, 0.1) is 0 Å². The Hall–Kier alpha value is -1.29. The number of hydrogen-bond acceptors (Lipinski definition) is 2. The van der Waals surface area contributed by atoms with E-state index in [0.717, 1.165) is 18.7 Å². The molecule has 1 rings (SSSR count). The van der Waals surface area contributed by atoms with E-state index >= 15 is 0 Å². The van der Waals surface area contributed by atoms with Crippen LogP contribution in [0.25, 0.3) is 0 Å². The number of aromatic nitrogens is 1. The van der Waals surface area contributed by atoms with E-state index in [9.17, 15) is 4.79 Å². The highest BCUT2D eigenvalue weighted by atomic mass is 16.1. The average Bonchev–Trinajstić information content (AvgIpc) is 2.67. The number of nitrogens with one attached hydrogen (secondary N) is 3. The van der Waals surface area contributed by atoms with Crippen molar-refractivity contribution >= 4 is 5.91 Å². The maximum atomic E-state index is 11.1. The summed E-state index contributed by atoms with van der Waals surface area (Å²) in [5.41, 5.74) is 1.09. The Kier molecular flexibility index (Phi) is 4.78. The molecule has 1 aromatic heterocycles. The molecule has 14 heavy (non-hydrogen) atoms. The Morgan fingerprint density at radius 1 is 1.57 bits per heavy atom. The molecule has 1 aromatic rings. The number of rotatable bonds is 6. The van der Waals surface area contributed by atoms with Gasteiger partial charge in [0.15, 0.2) is 0 Å². The molecule has 1 amide bonds. The van der Waals surface area contributed by atoms with Gasteiger partial charge < -0.3 is 15.6 Å². The van der Waals surface area contributed by atoms with E-state index in [2.05, 4.69) is 15.6 Å². The van der Waals surface area contributed by atoms with Crippen molar-refractivity contribution in [2.24, 2.45) is 0 Å². The van der Waals surface area contributed by atoms with Crippen LogP contribution in [0.15, 0.2) is 18.3 Å². The summed E-state index contributed by atoms with van der Waals surface area (Å²) < 4.78 is 0. The van der Waals surface area contributed by atoms with Gasteiger partial charge in [0.2, 0.25) is 5.91 Å². The number of carbonyl (C=O) groups is 1. The molecule has 0 aliphatic carbocycles. The lowest BCUT2D eigenvalue weighted by Gasteiger charge is -2.04.